The van der Waals surface area contributed by atoms with Crippen molar-refractivity contribution in [1.82, 2.24) is 5.32 Å². The van der Waals surface area contributed by atoms with Crippen LogP contribution in [0.3, 0.4) is 0 Å². The maximum atomic E-state index is 3.44. The van der Waals surface area contributed by atoms with Crippen molar-refractivity contribution < 1.29 is 0 Å². The van der Waals surface area contributed by atoms with Crippen LogP contribution in [0.25, 0.3) is 0 Å². The number of hydrogen-bond acceptors (Lipinski definition) is 1. The molecule has 2 rings (SSSR count). The summed E-state index contributed by atoms with van der Waals surface area (Å²) in [6.07, 6.45) is 11.6. The predicted octanol–water partition coefficient (Wildman–Crippen LogP) is 2.82. The van der Waals surface area contributed by atoms with E-state index in [2.05, 4.69) is 43.5 Å². The maximum Gasteiger partial charge on any atom is 0.00108 e. The Morgan fingerprint density at radius 2 is 1.50 bits per heavy atom. The summed E-state index contributed by atoms with van der Waals surface area (Å²) in [6, 6.07) is 0. The molecule has 0 radical (unpaired) electrons. The van der Waals surface area contributed by atoms with Crippen LogP contribution in [0.4, 0.5) is 0 Å². The lowest BCUT2D eigenvalue weighted by Gasteiger charge is -2.12. The van der Waals surface area contributed by atoms with Crippen LogP contribution in [0.1, 0.15) is 26.7 Å². The molecule has 1 aliphatic heterocycles. The normalized spacial score (nSPS) is 25.6. The molecule has 1 aliphatic carbocycles. The Kier molecular flexibility index (Phi) is 2.60. The van der Waals surface area contributed by atoms with E-state index in [1.807, 2.05) is 0 Å². The Bertz CT molecular complexity index is 277. The first-order chi connectivity index (χ1) is 6.67. The van der Waals surface area contributed by atoms with Gasteiger partial charge >= 0.3 is 0 Å². The van der Waals surface area contributed by atoms with Crippen molar-refractivity contribution in [3.05, 3.63) is 35.5 Å². The topological polar surface area (TPSA) is 12.0 Å². The number of allylic oxidation sites excluding steroid dienone is 4. The molecule has 0 unspecified atom stereocenters. The monoisotopic (exact) mass is 189 g/mol. The van der Waals surface area contributed by atoms with Gasteiger partial charge in [0.25, 0.3) is 0 Å². The molecule has 1 nitrogen and oxygen atoms in total. The van der Waals surface area contributed by atoms with Gasteiger partial charge in [0.2, 0.25) is 0 Å². The van der Waals surface area contributed by atoms with Crippen LogP contribution in [0.2, 0.25) is 0 Å². The first kappa shape index (κ1) is 9.72. The number of rotatable bonds is 0. The third-order valence-electron chi connectivity index (χ3n) is 2.98. The van der Waals surface area contributed by atoms with Gasteiger partial charge < -0.3 is 5.32 Å². The van der Waals surface area contributed by atoms with E-state index in [1.54, 1.807) is 0 Å². The zero-order chi connectivity index (χ0) is 10.0. The lowest BCUT2D eigenvalue weighted by molar-refractivity contribution is 0.625. The van der Waals surface area contributed by atoms with Gasteiger partial charge in [-0.25, -0.2) is 0 Å². The van der Waals surface area contributed by atoms with Crippen LogP contribution in [0, 0.1) is 5.41 Å². The van der Waals surface area contributed by atoms with Crippen molar-refractivity contribution in [2.75, 3.05) is 13.1 Å². The quantitative estimate of drug-likeness (QED) is 0.618. The Morgan fingerprint density at radius 1 is 1.00 bits per heavy atom. The summed E-state index contributed by atoms with van der Waals surface area (Å²) < 4.78 is 0. The Morgan fingerprint density at radius 3 is 2.00 bits per heavy atom. The fourth-order valence-corrected chi connectivity index (χ4v) is 1.96. The van der Waals surface area contributed by atoms with Gasteiger partial charge in [-0.3, -0.25) is 0 Å². The van der Waals surface area contributed by atoms with E-state index >= 15 is 0 Å². The predicted molar refractivity (Wildman–Crippen MR) is 61.2 cm³/mol. The van der Waals surface area contributed by atoms with Crippen LogP contribution in [0.15, 0.2) is 35.5 Å². The van der Waals surface area contributed by atoms with Gasteiger partial charge in [-0.2, -0.15) is 0 Å². The second-order valence-corrected chi connectivity index (χ2v) is 4.79. The molecule has 76 valence electrons. The Hall–Kier alpha value is -0.820. The minimum atomic E-state index is 0.222. The van der Waals surface area contributed by atoms with Crippen molar-refractivity contribution in [1.29, 1.82) is 0 Å². The van der Waals surface area contributed by atoms with Crippen LogP contribution < -0.4 is 5.32 Å². The summed E-state index contributed by atoms with van der Waals surface area (Å²) in [6.45, 7) is 6.75. The summed E-state index contributed by atoms with van der Waals surface area (Å²) in [5.74, 6) is 0. The molecule has 0 saturated heterocycles. The molecule has 0 saturated carbocycles. The molecule has 14 heavy (non-hydrogen) atoms. The highest BCUT2D eigenvalue weighted by Crippen LogP contribution is 2.28. The van der Waals surface area contributed by atoms with E-state index < -0.39 is 0 Å². The van der Waals surface area contributed by atoms with Gasteiger partial charge in [0.15, 0.2) is 0 Å². The van der Waals surface area contributed by atoms with Gasteiger partial charge in [0.05, 0.1) is 0 Å². The Balaban J connectivity index is 2.29. The summed E-state index contributed by atoms with van der Waals surface area (Å²) in [4.78, 5) is 0. The van der Waals surface area contributed by atoms with E-state index in [1.165, 1.54) is 24.0 Å². The van der Waals surface area contributed by atoms with Crippen molar-refractivity contribution in [3.8, 4) is 0 Å². The summed E-state index contributed by atoms with van der Waals surface area (Å²) >= 11 is 0. The lowest BCUT2D eigenvalue weighted by atomic mass is 9.93. The molecule has 1 heterocycles. The second-order valence-electron chi connectivity index (χ2n) is 4.79. The van der Waals surface area contributed by atoms with E-state index in [4.69, 9.17) is 0 Å². The molecule has 2 aliphatic rings. The Labute approximate surface area is 86.6 Å². The largest absolute Gasteiger partial charge is 0.316 e. The van der Waals surface area contributed by atoms with E-state index in [9.17, 15) is 0 Å². The molecule has 0 amide bonds. The van der Waals surface area contributed by atoms with Gasteiger partial charge in [-0.15, -0.1) is 0 Å². The highest BCUT2D eigenvalue weighted by molar-refractivity contribution is 5.39. The lowest BCUT2D eigenvalue weighted by Crippen LogP contribution is -2.14. The number of hydrogen-bond donors (Lipinski definition) is 1. The standard InChI is InChI=1S/C13H19N/c1-13(2)7-3-11-5-9-14-10-6-12(11)4-8-13/h3-4,7-8,14H,5-6,9-10H2,1-2H3. The zero-order valence-electron chi connectivity index (χ0n) is 9.14. The molecule has 1 N–H and O–H groups in total. The van der Waals surface area contributed by atoms with E-state index in [-0.39, 0.29) is 5.41 Å². The van der Waals surface area contributed by atoms with E-state index in [0.29, 0.717) is 0 Å². The molecule has 0 spiro atoms. The molecule has 0 aromatic heterocycles. The van der Waals surface area contributed by atoms with Crippen molar-refractivity contribution in [3.63, 3.8) is 0 Å². The van der Waals surface area contributed by atoms with Gasteiger partial charge in [-0.1, -0.05) is 38.2 Å². The van der Waals surface area contributed by atoms with E-state index in [0.717, 1.165) is 13.1 Å². The molecule has 0 atom stereocenters. The molecule has 0 aromatic rings. The molecular formula is C13H19N. The molecule has 0 bridgehead atoms. The summed E-state index contributed by atoms with van der Waals surface area (Å²) in [7, 11) is 0. The average Bonchev–Trinajstić information content (AvgIpc) is 2.42. The smallest absolute Gasteiger partial charge is 0.00108 e. The molecule has 1 heteroatoms. The van der Waals surface area contributed by atoms with Gasteiger partial charge in [0, 0.05) is 5.41 Å². The first-order valence-electron chi connectivity index (χ1n) is 5.49. The minimum Gasteiger partial charge on any atom is -0.316 e. The third kappa shape index (κ3) is 2.16. The highest BCUT2D eigenvalue weighted by atomic mass is 14.8. The molecule has 0 aromatic carbocycles. The number of nitrogens with one attached hydrogen (secondary N) is 1. The summed E-state index contributed by atoms with van der Waals surface area (Å²) in [5.41, 5.74) is 3.27. The third-order valence-corrected chi connectivity index (χ3v) is 2.98. The van der Waals surface area contributed by atoms with Crippen molar-refractivity contribution in [2.45, 2.75) is 26.7 Å². The van der Waals surface area contributed by atoms with Gasteiger partial charge in [-0.05, 0) is 37.1 Å². The van der Waals surface area contributed by atoms with Gasteiger partial charge in [0.1, 0.15) is 0 Å². The highest BCUT2D eigenvalue weighted by Gasteiger charge is 2.15. The fraction of sp³-hybridized carbons (Fsp3) is 0.538. The zero-order valence-corrected chi connectivity index (χ0v) is 9.14. The second kappa shape index (κ2) is 3.74. The van der Waals surface area contributed by atoms with Crippen LogP contribution in [0.5, 0.6) is 0 Å². The SMILES string of the molecule is CC1(C)C=CC2=C(C=C1)CCNCC2. The van der Waals surface area contributed by atoms with Crippen molar-refractivity contribution in [2.24, 2.45) is 5.41 Å². The van der Waals surface area contributed by atoms with Crippen LogP contribution >= 0.6 is 0 Å². The van der Waals surface area contributed by atoms with Crippen molar-refractivity contribution >= 4 is 0 Å². The molecule has 0 fully saturated rings. The minimum absolute atomic E-state index is 0.222. The van der Waals surface area contributed by atoms with Crippen LogP contribution in [-0.2, 0) is 0 Å². The first-order valence-corrected chi connectivity index (χ1v) is 5.49. The maximum absolute atomic E-state index is 3.44. The van der Waals surface area contributed by atoms with Crippen LogP contribution in [-0.4, -0.2) is 13.1 Å². The summed E-state index contributed by atoms with van der Waals surface area (Å²) in [5, 5.41) is 3.44. The molecular weight excluding hydrogens is 170 g/mol. The average molecular weight is 189 g/mol. The fourth-order valence-electron chi connectivity index (χ4n) is 1.96.